The molecule has 0 bridgehead atoms. The highest BCUT2D eigenvalue weighted by molar-refractivity contribution is 6.30. The lowest BCUT2D eigenvalue weighted by Crippen LogP contribution is -2.49. The summed E-state index contributed by atoms with van der Waals surface area (Å²) in [7, 11) is 0. The molecule has 31 heavy (non-hydrogen) atoms. The van der Waals surface area contributed by atoms with Crippen LogP contribution in [0.5, 0.6) is 5.75 Å². The standard InChI is InChI=1S/C24H24ClNO5/c1-14-11-26(12-15(2)30-14)22(27)13-29-19-8-9-20-21(10-19)31-16(3)23(24(20)28)17-4-6-18(25)7-5-17/h4-10,14-15H,11-13H2,1-3H3/t14-,15+. The van der Waals surface area contributed by atoms with Crippen LogP contribution in [-0.4, -0.2) is 42.7 Å². The highest BCUT2D eigenvalue weighted by Crippen LogP contribution is 2.27. The van der Waals surface area contributed by atoms with E-state index in [1.807, 2.05) is 13.8 Å². The minimum absolute atomic E-state index is 0.000422. The van der Waals surface area contributed by atoms with E-state index >= 15 is 0 Å². The molecule has 3 aromatic rings. The summed E-state index contributed by atoms with van der Waals surface area (Å²) in [6.45, 7) is 6.66. The van der Waals surface area contributed by atoms with Crippen molar-refractivity contribution in [2.75, 3.05) is 19.7 Å². The number of hydrogen-bond acceptors (Lipinski definition) is 5. The smallest absolute Gasteiger partial charge is 0.260 e. The summed E-state index contributed by atoms with van der Waals surface area (Å²) in [5, 5.41) is 1.05. The number of rotatable bonds is 4. The van der Waals surface area contributed by atoms with E-state index < -0.39 is 0 Å². The first kappa shape index (κ1) is 21.4. The molecule has 2 heterocycles. The number of hydrogen-bond donors (Lipinski definition) is 0. The Bertz CT molecular complexity index is 1160. The normalized spacial score (nSPS) is 18.9. The number of morpholine rings is 1. The molecule has 6 nitrogen and oxygen atoms in total. The molecule has 1 aliphatic heterocycles. The third kappa shape index (κ3) is 4.60. The van der Waals surface area contributed by atoms with E-state index in [2.05, 4.69) is 0 Å². The number of nitrogens with zero attached hydrogens (tertiary/aromatic N) is 1. The summed E-state index contributed by atoms with van der Waals surface area (Å²) < 4.78 is 17.3. The van der Waals surface area contributed by atoms with Crippen LogP contribution in [0.2, 0.25) is 5.02 Å². The minimum atomic E-state index is -0.125. The molecule has 0 spiro atoms. The van der Waals surface area contributed by atoms with E-state index in [1.54, 1.807) is 54.3 Å². The molecule has 0 N–H and O–H groups in total. The molecular formula is C24H24ClNO5. The van der Waals surface area contributed by atoms with Crippen molar-refractivity contribution >= 4 is 28.5 Å². The Hall–Kier alpha value is -2.83. The fourth-order valence-electron chi connectivity index (χ4n) is 3.94. The maximum absolute atomic E-state index is 13.1. The van der Waals surface area contributed by atoms with Crippen LogP contribution in [-0.2, 0) is 9.53 Å². The monoisotopic (exact) mass is 441 g/mol. The van der Waals surface area contributed by atoms with E-state index in [1.165, 1.54) is 0 Å². The predicted molar refractivity (Wildman–Crippen MR) is 120 cm³/mol. The number of carbonyl (C=O) groups is 1. The molecule has 162 valence electrons. The molecular weight excluding hydrogens is 418 g/mol. The number of amides is 1. The molecule has 2 atom stereocenters. The second-order valence-corrected chi connectivity index (χ2v) is 8.31. The fraction of sp³-hybridized carbons (Fsp3) is 0.333. The van der Waals surface area contributed by atoms with Gasteiger partial charge in [-0.15, -0.1) is 0 Å². The van der Waals surface area contributed by atoms with Gasteiger partial charge in [0, 0.05) is 24.2 Å². The van der Waals surface area contributed by atoms with Crippen molar-refractivity contribution in [3.8, 4) is 16.9 Å². The van der Waals surface area contributed by atoms with Gasteiger partial charge in [0.05, 0.1) is 23.2 Å². The number of carbonyl (C=O) groups excluding carboxylic acids is 1. The summed E-state index contributed by atoms with van der Waals surface area (Å²) in [5.41, 5.74) is 1.54. The molecule has 1 aliphatic rings. The first-order valence-corrected chi connectivity index (χ1v) is 10.6. The molecule has 1 fully saturated rings. The molecule has 7 heteroatoms. The summed E-state index contributed by atoms with van der Waals surface area (Å²) in [5.74, 6) is 0.874. The van der Waals surface area contributed by atoms with E-state index in [0.717, 1.165) is 5.56 Å². The third-order valence-electron chi connectivity index (χ3n) is 5.31. The molecule has 4 rings (SSSR count). The Morgan fingerprint density at radius 2 is 1.81 bits per heavy atom. The molecule has 2 aromatic carbocycles. The SMILES string of the molecule is Cc1oc2cc(OCC(=O)N3C[C@@H](C)O[C@@H](C)C3)ccc2c(=O)c1-c1ccc(Cl)cc1. The van der Waals surface area contributed by atoms with E-state index in [-0.39, 0.29) is 30.2 Å². The summed E-state index contributed by atoms with van der Waals surface area (Å²) in [4.78, 5) is 27.3. The van der Waals surface area contributed by atoms with Crippen molar-refractivity contribution in [1.82, 2.24) is 4.90 Å². The van der Waals surface area contributed by atoms with Gasteiger partial charge in [-0.1, -0.05) is 23.7 Å². The first-order chi connectivity index (χ1) is 14.8. The predicted octanol–water partition coefficient (Wildman–Crippen LogP) is 4.44. The van der Waals surface area contributed by atoms with Gasteiger partial charge in [-0.3, -0.25) is 9.59 Å². The first-order valence-electron chi connectivity index (χ1n) is 10.2. The van der Waals surface area contributed by atoms with Crippen LogP contribution in [0.1, 0.15) is 19.6 Å². The largest absolute Gasteiger partial charge is 0.484 e. The van der Waals surface area contributed by atoms with Crippen molar-refractivity contribution in [1.29, 1.82) is 0 Å². The number of benzene rings is 2. The lowest BCUT2D eigenvalue weighted by Gasteiger charge is -2.35. The van der Waals surface area contributed by atoms with Crippen LogP contribution in [0, 0.1) is 6.92 Å². The molecule has 0 unspecified atom stereocenters. The Kier molecular flexibility index (Phi) is 6.03. The van der Waals surface area contributed by atoms with E-state index in [0.29, 0.717) is 46.2 Å². The maximum Gasteiger partial charge on any atom is 0.260 e. The Labute approximate surface area is 185 Å². The number of fused-ring (bicyclic) bond motifs is 1. The van der Waals surface area contributed by atoms with Gasteiger partial charge >= 0.3 is 0 Å². The molecule has 1 aromatic heterocycles. The zero-order valence-corrected chi connectivity index (χ0v) is 18.4. The second kappa shape index (κ2) is 8.73. The third-order valence-corrected chi connectivity index (χ3v) is 5.56. The quantitative estimate of drug-likeness (QED) is 0.598. The number of ether oxygens (including phenoxy) is 2. The van der Waals surface area contributed by atoms with Gasteiger partial charge in [0.1, 0.15) is 17.1 Å². The van der Waals surface area contributed by atoms with Gasteiger partial charge < -0.3 is 18.8 Å². The van der Waals surface area contributed by atoms with Crippen molar-refractivity contribution in [3.63, 3.8) is 0 Å². The molecule has 0 saturated carbocycles. The van der Waals surface area contributed by atoms with Crippen molar-refractivity contribution < 1.29 is 18.7 Å². The molecule has 1 amide bonds. The lowest BCUT2D eigenvalue weighted by molar-refractivity contribution is -0.145. The van der Waals surface area contributed by atoms with Gasteiger partial charge in [0.15, 0.2) is 6.61 Å². The Morgan fingerprint density at radius 1 is 1.13 bits per heavy atom. The van der Waals surface area contributed by atoms with Gasteiger partial charge in [-0.05, 0) is 50.6 Å². The van der Waals surface area contributed by atoms with Gasteiger partial charge in [-0.2, -0.15) is 0 Å². The zero-order valence-electron chi connectivity index (χ0n) is 17.7. The van der Waals surface area contributed by atoms with Crippen molar-refractivity contribution in [2.45, 2.75) is 33.0 Å². The van der Waals surface area contributed by atoms with Gasteiger partial charge in [0.2, 0.25) is 5.43 Å². The summed E-state index contributed by atoms with van der Waals surface area (Å²) in [6, 6.07) is 12.1. The average Bonchev–Trinajstić information content (AvgIpc) is 2.72. The van der Waals surface area contributed by atoms with Crippen LogP contribution in [0.25, 0.3) is 22.1 Å². The van der Waals surface area contributed by atoms with Crippen molar-refractivity contribution in [2.24, 2.45) is 0 Å². The molecule has 1 saturated heterocycles. The van der Waals surface area contributed by atoms with Gasteiger partial charge in [-0.25, -0.2) is 0 Å². The summed E-state index contributed by atoms with van der Waals surface area (Å²) >= 11 is 5.96. The zero-order chi connectivity index (χ0) is 22.1. The van der Waals surface area contributed by atoms with Crippen LogP contribution in [0.3, 0.4) is 0 Å². The number of aryl methyl sites for hydroxylation is 1. The maximum atomic E-state index is 13.1. The fourth-order valence-corrected chi connectivity index (χ4v) is 4.07. The Balaban J connectivity index is 1.55. The average molecular weight is 442 g/mol. The lowest BCUT2D eigenvalue weighted by atomic mass is 10.0. The topological polar surface area (TPSA) is 69.0 Å². The molecule has 0 aliphatic carbocycles. The van der Waals surface area contributed by atoms with E-state index in [9.17, 15) is 9.59 Å². The van der Waals surface area contributed by atoms with E-state index in [4.69, 9.17) is 25.5 Å². The highest BCUT2D eigenvalue weighted by atomic mass is 35.5. The van der Waals surface area contributed by atoms with Gasteiger partial charge in [0.25, 0.3) is 5.91 Å². The Morgan fingerprint density at radius 3 is 2.48 bits per heavy atom. The van der Waals surface area contributed by atoms with Crippen molar-refractivity contribution in [3.05, 3.63) is 63.5 Å². The molecule has 0 radical (unpaired) electrons. The minimum Gasteiger partial charge on any atom is -0.484 e. The number of halogens is 1. The van der Waals surface area contributed by atoms with Crippen LogP contribution in [0.4, 0.5) is 0 Å². The second-order valence-electron chi connectivity index (χ2n) is 7.87. The van der Waals surface area contributed by atoms with Crippen LogP contribution < -0.4 is 10.2 Å². The highest BCUT2D eigenvalue weighted by Gasteiger charge is 2.26. The van der Waals surface area contributed by atoms with Crippen LogP contribution >= 0.6 is 11.6 Å². The summed E-state index contributed by atoms with van der Waals surface area (Å²) in [6.07, 6.45) is 0.000843. The van der Waals surface area contributed by atoms with Crippen LogP contribution in [0.15, 0.2) is 51.7 Å².